The number of ether oxygens (including phenoxy) is 1. The van der Waals surface area contributed by atoms with Crippen molar-refractivity contribution < 1.29 is 29.0 Å². The predicted octanol–water partition coefficient (Wildman–Crippen LogP) is 8.10. The van der Waals surface area contributed by atoms with Gasteiger partial charge in [-0.15, -0.1) is 0 Å². The Kier molecular flexibility index (Phi) is 25.9. The van der Waals surface area contributed by atoms with Crippen LogP contribution in [0.3, 0.4) is 0 Å². The van der Waals surface area contributed by atoms with E-state index >= 15 is 0 Å². The number of thioether (sulfide) groups is 1. The van der Waals surface area contributed by atoms with Crippen LogP contribution in [0.4, 0.5) is 4.79 Å². The Morgan fingerprint density at radius 1 is 0.717 bits per heavy atom. The smallest absolute Gasteiger partial charge is 0.408 e. The largest absolute Gasteiger partial charge is 0.445 e. The number of amides is 4. The van der Waals surface area contributed by atoms with E-state index in [4.69, 9.17) is 4.74 Å². The fourth-order valence-corrected chi connectivity index (χ4v) is 7.30. The van der Waals surface area contributed by atoms with Crippen LogP contribution in [-0.4, -0.2) is 71.2 Å². The Labute approximate surface area is 324 Å². The highest BCUT2D eigenvalue weighted by molar-refractivity contribution is 7.99. The lowest BCUT2D eigenvalue weighted by molar-refractivity contribution is -0.124. The second-order valence-electron chi connectivity index (χ2n) is 14.9. The summed E-state index contributed by atoms with van der Waals surface area (Å²) >= 11 is 1.42. The van der Waals surface area contributed by atoms with E-state index in [2.05, 4.69) is 35.1 Å². The highest BCUT2D eigenvalue weighted by Crippen LogP contribution is 2.34. The van der Waals surface area contributed by atoms with E-state index in [0.29, 0.717) is 38.0 Å². The Morgan fingerprint density at radius 3 is 1.77 bits per heavy atom. The second-order valence-corrected chi connectivity index (χ2v) is 16.0. The van der Waals surface area contributed by atoms with Crippen molar-refractivity contribution in [3.8, 4) is 0 Å². The van der Waals surface area contributed by atoms with Gasteiger partial charge >= 0.3 is 6.09 Å². The molecule has 1 aromatic carbocycles. The minimum absolute atomic E-state index is 0.0186. The molecule has 4 amide bonds. The molecule has 53 heavy (non-hydrogen) atoms. The van der Waals surface area contributed by atoms with Crippen LogP contribution in [0.1, 0.15) is 161 Å². The molecule has 302 valence electrons. The summed E-state index contributed by atoms with van der Waals surface area (Å²) in [5.74, 6) is 0.223. The van der Waals surface area contributed by atoms with Gasteiger partial charge in [0, 0.05) is 30.9 Å². The van der Waals surface area contributed by atoms with E-state index < -0.39 is 17.7 Å². The normalized spacial score (nSPS) is 14.2. The van der Waals surface area contributed by atoms with Gasteiger partial charge in [-0.2, -0.15) is 11.8 Å². The van der Waals surface area contributed by atoms with Crippen molar-refractivity contribution in [2.24, 2.45) is 0 Å². The maximum Gasteiger partial charge on any atom is 0.408 e. The number of hydrogen-bond acceptors (Lipinski definition) is 7. The van der Waals surface area contributed by atoms with Crippen LogP contribution in [0.15, 0.2) is 30.3 Å². The van der Waals surface area contributed by atoms with Gasteiger partial charge in [-0.25, -0.2) is 4.79 Å². The molecular formula is C42H72N4O6S. The fraction of sp³-hybridized carbons (Fsp3) is 0.762. The van der Waals surface area contributed by atoms with Gasteiger partial charge in [0.15, 0.2) is 0 Å². The maximum atomic E-state index is 13.3. The number of nitrogens with one attached hydrogen (secondary N) is 4. The molecule has 0 aromatic heterocycles. The molecule has 1 aromatic rings. The van der Waals surface area contributed by atoms with Crippen LogP contribution in [0.5, 0.6) is 0 Å². The number of alkyl carbamates (subject to hydrolysis) is 1. The standard InChI is InChI=1S/C42H72N4O6S/c1-3-5-7-9-11-13-15-17-22-26-38(48)43-30-36(44-39(49)27-23-18-16-14-12-10-8-6-4-2)32-53-33-37(40(50)46-42(34-47)28-29-42)45-41(51)52-31-35-24-20-19-21-25-35/h19-21,24-25,36-37,47H,3-18,22-23,26-34H2,1-2H3,(H,43,48)(H,44,49)(H,45,51)(H,46,50). The van der Waals surface area contributed by atoms with Gasteiger partial charge in [-0.1, -0.05) is 147 Å². The molecule has 11 heteroatoms. The molecule has 2 rings (SSSR count). The summed E-state index contributed by atoms with van der Waals surface area (Å²) in [6.07, 6.45) is 22.8. The van der Waals surface area contributed by atoms with E-state index in [-0.39, 0.29) is 42.7 Å². The van der Waals surface area contributed by atoms with E-state index in [1.165, 1.54) is 88.8 Å². The van der Waals surface area contributed by atoms with Crippen LogP contribution >= 0.6 is 11.8 Å². The van der Waals surface area contributed by atoms with Crippen molar-refractivity contribution in [1.29, 1.82) is 0 Å². The Morgan fingerprint density at radius 2 is 1.25 bits per heavy atom. The van der Waals surface area contributed by atoms with Crippen molar-refractivity contribution in [3.05, 3.63) is 35.9 Å². The molecule has 1 aliphatic rings. The summed E-state index contributed by atoms with van der Waals surface area (Å²) in [5.41, 5.74) is 0.191. The van der Waals surface area contributed by atoms with Gasteiger partial charge < -0.3 is 31.1 Å². The van der Waals surface area contributed by atoms with E-state index in [1.54, 1.807) is 0 Å². The first-order valence-corrected chi connectivity index (χ1v) is 22.0. The van der Waals surface area contributed by atoms with E-state index in [0.717, 1.165) is 44.1 Å². The summed E-state index contributed by atoms with van der Waals surface area (Å²) in [5, 5.41) is 21.5. The molecule has 0 radical (unpaired) electrons. The van der Waals surface area contributed by atoms with Crippen LogP contribution in [0.25, 0.3) is 0 Å². The first-order valence-electron chi connectivity index (χ1n) is 20.8. The summed E-state index contributed by atoms with van der Waals surface area (Å²) < 4.78 is 5.39. The number of benzene rings is 1. The van der Waals surface area contributed by atoms with Gasteiger partial charge in [0.1, 0.15) is 12.6 Å². The third-order valence-electron chi connectivity index (χ3n) is 9.89. The minimum atomic E-state index is -0.910. The van der Waals surface area contributed by atoms with E-state index in [1.807, 2.05) is 30.3 Å². The minimum Gasteiger partial charge on any atom is -0.445 e. The quantitative estimate of drug-likeness (QED) is 0.0456. The van der Waals surface area contributed by atoms with E-state index in [9.17, 15) is 24.3 Å². The molecule has 2 atom stereocenters. The third kappa shape index (κ3) is 23.6. The predicted molar refractivity (Wildman–Crippen MR) is 217 cm³/mol. The van der Waals surface area contributed by atoms with Crippen molar-refractivity contribution in [3.63, 3.8) is 0 Å². The molecular weight excluding hydrogens is 689 g/mol. The van der Waals surface area contributed by atoms with Gasteiger partial charge in [0.05, 0.1) is 18.2 Å². The molecule has 1 fully saturated rings. The molecule has 1 aliphatic carbocycles. The summed E-state index contributed by atoms with van der Waals surface area (Å²) in [7, 11) is 0. The summed E-state index contributed by atoms with van der Waals surface area (Å²) in [6, 6.07) is 8.06. The first-order chi connectivity index (χ1) is 25.8. The maximum absolute atomic E-state index is 13.3. The molecule has 0 bridgehead atoms. The molecule has 10 nitrogen and oxygen atoms in total. The monoisotopic (exact) mass is 761 g/mol. The van der Waals surface area contributed by atoms with Crippen LogP contribution in [0.2, 0.25) is 0 Å². The molecule has 0 spiro atoms. The van der Waals surface area contributed by atoms with Crippen LogP contribution < -0.4 is 21.3 Å². The number of aliphatic hydroxyl groups excluding tert-OH is 1. The second kappa shape index (κ2) is 29.6. The number of rotatable bonds is 33. The highest BCUT2D eigenvalue weighted by Gasteiger charge is 2.44. The van der Waals surface area contributed by atoms with Gasteiger partial charge in [-0.05, 0) is 31.2 Å². The number of carbonyl (C=O) groups excluding carboxylic acids is 4. The lowest BCUT2D eigenvalue weighted by Gasteiger charge is -2.23. The Bertz CT molecular complexity index is 1140. The molecule has 0 saturated heterocycles. The summed E-state index contributed by atoms with van der Waals surface area (Å²) in [4.78, 5) is 51.8. The van der Waals surface area contributed by atoms with Gasteiger partial charge in [-0.3, -0.25) is 14.4 Å². The number of aliphatic hydroxyl groups is 1. The Balaban J connectivity index is 1.88. The topological polar surface area (TPSA) is 146 Å². The summed E-state index contributed by atoms with van der Waals surface area (Å²) in [6.45, 7) is 4.66. The molecule has 0 aliphatic heterocycles. The van der Waals surface area contributed by atoms with Gasteiger partial charge in [0.25, 0.3) is 0 Å². The average molecular weight is 761 g/mol. The van der Waals surface area contributed by atoms with Crippen molar-refractivity contribution in [2.75, 3.05) is 24.7 Å². The first kappa shape index (κ1) is 46.4. The van der Waals surface area contributed by atoms with Crippen molar-refractivity contribution in [2.45, 2.75) is 179 Å². The van der Waals surface area contributed by atoms with Crippen molar-refractivity contribution >= 4 is 35.6 Å². The number of hydrogen-bond donors (Lipinski definition) is 5. The zero-order valence-corrected chi connectivity index (χ0v) is 33.8. The van der Waals surface area contributed by atoms with Crippen LogP contribution in [-0.2, 0) is 25.7 Å². The van der Waals surface area contributed by atoms with Crippen LogP contribution in [0, 0.1) is 0 Å². The number of unbranched alkanes of at least 4 members (excludes halogenated alkanes) is 16. The third-order valence-corrected chi connectivity index (χ3v) is 11.1. The SMILES string of the molecule is CCCCCCCCCCCC(=O)NCC(CSCC(NC(=O)OCc1ccccc1)C(=O)NC1(CO)CC1)NC(=O)CCCCCCCCCCC. The lowest BCUT2D eigenvalue weighted by atomic mass is 10.1. The molecule has 1 saturated carbocycles. The Hall–Kier alpha value is -2.79. The zero-order valence-electron chi connectivity index (χ0n) is 33.0. The van der Waals surface area contributed by atoms with Gasteiger partial charge in [0.2, 0.25) is 17.7 Å². The average Bonchev–Trinajstić information content (AvgIpc) is 3.94. The number of carbonyl (C=O) groups is 4. The fourth-order valence-electron chi connectivity index (χ4n) is 6.21. The molecule has 2 unspecified atom stereocenters. The van der Waals surface area contributed by atoms with Crippen molar-refractivity contribution in [1.82, 2.24) is 21.3 Å². The highest BCUT2D eigenvalue weighted by atomic mass is 32.2. The zero-order chi connectivity index (χ0) is 38.4. The molecule has 0 heterocycles. The molecule has 5 N–H and O–H groups in total. The lowest BCUT2D eigenvalue weighted by Crippen LogP contribution is -2.53.